The Morgan fingerprint density at radius 3 is 2.40 bits per heavy atom. The molecule has 2 saturated carbocycles. The smallest absolute Gasteiger partial charge is 0.147 e. The normalized spacial score (nSPS) is 42.5. The summed E-state index contributed by atoms with van der Waals surface area (Å²) >= 11 is 0. The number of carbonyl (C=O) groups excluding carboxylic acids is 1. The lowest BCUT2D eigenvalue weighted by molar-refractivity contribution is -0.149. The van der Waals surface area contributed by atoms with Gasteiger partial charge in [0, 0.05) is 12.0 Å². The van der Waals surface area contributed by atoms with Crippen LogP contribution in [0, 0.1) is 10.8 Å². The van der Waals surface area contributed by atoms with Gasteiger partial charge in [0.2, 0.25) is 0 Å². The van der Waals surface area contributed by atoms with Gasteiger partial charge in [0.25, 0.3) is 0 Å². The minimum atomic E-state index is -0.283. The highest BCUT2D eigenvalue weighted by Crippen LogP contribution is 2.63. The van der Waals surface area contributed by atoms with Gasteiger partial charge in [0.05, 0.1) is 11.0 Å². The number of rotatable bonds is 3. The predicted octanol–water partition coefficient (Wildman–Crippen LogP) is 2.95. The summed E-state index contributed by atoms with van der Waals surface area (Å²) in [5, 5.41) is 0. The first-order valence-electron chi connectivity index (χ1n) is 6.07. The highest BCUT2D eigenvalue weighted by molar-refractivity contribution is 5.94. The molecule has 0 heterocycles. The van der Waals surface area contributed by atoms with Crippen molar-refractivity contribution >= 4 is 5.78 Å². The molecular weight excluding hydrogens is 188 g/mol. The van der Waals surface area contributed by atoms with Gasteiger partial charge in [-0.2, -0.15) is 0 Å². The van der Waals surface area contributed by atoms with E-state index in [2.05, 4.69) is 27.7 Å². The number of ketones is 1. The third kappa shape index (κ3) is 1.24. The summed E-state index contributed by atoms with van der Waals surface area (Å²) < 4.78 is 6.06. The van der Waals surface area contributed by atoms with E-state index >= 15 is 0 Å². The van der Waals surface area contributed by atoms with Crippen LogP contribution >= 0.6 is 0 Å². The molecular formula is C13H22O2. The van der Waals surface area contributed by atoms with E-state index in [-0.39, 0.29) is 16.4 Å². The molecule has 2 bridgehead atoms. The first-order valence-corrected chi connectivity index (χ1v) is 6.07. The van der Waals surface area contributed by atoms with Crippen molar-refractivity contribution in [3.8, 4) is 0 Å². The fourth-order valence-corrected chi connectivity index (χ4v) is 3.57. The van der Waals surface area contributed by atoms with Crippen LogP contribution in [-0.2, 0) is 9.53 Å². The van der Waals surface area contributed by atoms with Crippen LogP contribution in [0.25, 0.3) is 0 Å². The second kappa shape index (κ2) is 3.07. The average Bonchev–Trinajstić information content (AvgIpc) is 2.59. The maximum Gasteiger partial charge on any atom is 0.147 e. The molecule has 2 heteroatoms. The van der Waals surface area contributed by atoms with E-state index in [1.807, 2.05) is 0 Å². The van der Waals surface area contributed by atoms with Crippen molar-refractivity contribution in [3.05, 3.63) is 0 Å². The maximum atomic E-state index is 12.3. The van der Waals surface area contributed by atoms with Crippen molar-refractivity contribution in [2.24, 2.45) is 10.8 Å². The minimum Gasteiger partial charge on any atom is -0.374 e. The molecule has 0 spiro atoms. The van der Waals surface area contributed by atoms with Gasteiger partial charge in [-0.15, -0.1) is 0 Å². The van der Waals surface area contributed by atoms with Crippen LogP contribution in [0.4, 0.5) is 0 Å². The Morgan fingerprint density at radius 2 is 1.93 bits per heavy atom. The molecule has 2 nitrogen and oxygen atoms in total. The molecule has 0 aromatic carbocycles. The van der Waals surface area contributed by atoms with Crippen LogP contribution in [0.3, 0.4) is 0 Å². The van der Waals surface area contributed by atoms with Gasteiger partial charge >= 0.3 is 0 Å². The fraction of sp³-hybridized carbons (Fsp3) is 0.923. The molecule has 0 N–H and O–H groups in total. The molecule has 2 atom stereocenters. The Hall–Kier alpha value is -0.370. The minimum absolute atomic E-state index is 0.1000. The standard InChI is InChI=1S/C13H22O2/c1-5-8-15-13-7-6-12(4,9-13)10(14)11(13,2)3/h5-9H2,1-4H3. The van der Waals surface area contributed by atoms with Crippen LogP contribution in [0.2, 0.25) is 0 Å². The third-order valence-corrected chi connectivity index (χ3v) is 4.59. The van der Waals surface area contributed by atoms with Crippen molar-refractivity contribution < 1.29 is 9.53 Å². The van der Waals surface area contributed by atoms with Crippen LogP contribution in [0.5, 0.6) is 0 Å². The molecule has 0 saturated heterocycles. The number of fused-ring (bicyclic) bond motifs is 2. The summed E-state index contributed by atoms with van der Waals surface area (Å²) in [5.74, 6) is 0.414. The summed E-state index contributed by atoms with van der Waals surface area (Å²) in [6, 6.07) is 0. The lowest BCUT2D eigenvalue weighted by Gasteiger charge is -2.41. The van der Waals surface area contributed by atoms with E-state index in [4.69, 9.17) is 4.74 Å². The Kier molecular flexibility index (Phi) is 2.27. The first-order chi connectivity index (χ1) is 6.88. The molecule has 0 aromatic heterocycles. The molecule has 15 heavy (non-hydrogen) atoms. The Bertz CT molecular complexity index is 295. The van der Waals surface area contributed by atoms with E-state index in [0.717, 1.165) is 32.3 Å². The Balaban J connectivity index is 2.29. The monoisotopic (exact) mass is 210 g/mol. The second-order valence-electron chi connectivity index (χ2n) is 6.03. The number of carbonyl (C=O) groups is 1. The summed E-state index contributed by atoms with van der Waals surface area (Å²) in [5.41, 5.74) is -0.540. The van der Waals surface area contributed by atoms with Gasteiger partial charge in [-0.3, -0.25) is 4.79 Å². The van der Waals surface area contributed by atoms with E-state index in [0.29, 0.717) is 5.78 Å². The molecule has 0 aromatic rings. The fourth-order valence-electron chi connectivity index (χ4n) is 3.57. The van der Waals surface area contributed by atoms with Crippen molar-refractivity contribution in [1.82, 2.24) is 0 Å². The summed E-state index contributed by atoms with van der Waals surface area (Å²) in [6.07, 6.45) is 4.04. The van der Waals surface area contributed by atoms with Crippen LogP contribution in [0.1, 0.15) is 53.4 Å². The number of hydrogen-bond donors (Lipinski definition) is 0. The Morgan fingerprint density at radius 1 is 1.27 bits per heavy atom. The van der Waals surface area contributed by atoms with Crippen LogP contribution in [-0.4, -0.2) is 18.0 Å². The summed E-state index contributed by atoms with van der Waals surface area (Å²) in [6.45, 7) is 9.15. The lowest BCUT2D eigenvalue weighted by atomic mass is 9.69. The molecule has 0 radical (unpaired) electrons. The number of hydrogen-bond acceptors (Lipinski definition) is 2. The van der Waals surface area contributed by atoms with Gasteiger partial charge in [-0.05, 0) is 25.7 Å². The molecule has 2 rings (SSSR count). The van der Waals surface area contributed by atoms with Crippen molar-refractivity contribution in [2.75, 3.05) is 6.61 Å². The highest BCUT2D eigenvalue weighted by atomic mass is 16.5. The highest BCUT2D eigenvalue weighted by Gasteiger charge is 2.68. The summed E-state index contributed by atoms with van der Waals surface area (Å²) in [7, 11) is 0. The van der Waals surface area contributed by atoms with E-state index in [9.17, 15) is 4.79 Å². The molecule has 2 aliphatic carbocycles. The Labute approximate surface area is 92.4 Å². The van der Waals surface area contributed by atoms with Crippen LogP contribution in [0.15, 0.2) is 0 Å². The largest absolute Gasteiger partial charge is 0.374 e. The average molecular weight is 210 g/mol. The second-order valence-corrected chi connectivity index (χ2v) is 6.03. The third-order valence-electron chi connectivity index (χ3n) is 4.59. The molecule has 2 unspecified atom stereocenters. The maximum absolute atomic E-state index is 12.3. The molecule has 2 fully saturated rings. The van der Waals surface area contributed by atoms with E-state index in [1.165, 1.54) is 0 Å². The molecule has 0 amide bonds. The SMILES string of the molecule is CCCOC12CCC(C)(C1)C(=O)C2(C)C. The van der Waals surface area contributed by atoms with Gasteiger partial charge in [-0.1, -0.05) is 27.7 Å². The lowest BCUT2D eigenvalue weighted by Crippen LogP contribution is -2.47. The van der Waals surface area contributed by atoms with Gasteiger partial charge in [0.1, 0.15) is 5.78 Å². The predicted molar refractivity (Wildman–Crippen MR) is 59.7 cm³/mol. The summed E-state index contributed by atoms with van der Waals surface area (Å²) in [4.78, 5) is 12.3. The van der Waals surface area contributed by atoms with E-state index < -0.39 is 0 Å². The van der Waals surface area contributed by atoms with Crippen molar-refractivity contribution in [2.45, 2.75) is 59.0 Å². The van der Waals surface area contributed by atoms with Gasteiger partial charge in [0.15, 0.2) is 0 Å². The number of ether oxygens (including phenoxy) is 1. The molecule has 2 aliphatic rings. The first kappa shape index (κ1) is 11.1. The molecule has 86 valence electrons. The van der Waals surface area contributed by atoms with Gasteiger partial charge in [-0.25, -0.2) is 0 Å². The molecule has 0 aliphatic heterocycles. The zero-order valence-electron chi connectivity index (χ0n) is 10.4. The van der Waals surface area contributed by atoms with Crippen molar-refractivity contribution in [1.29, 1.82) is 0 Å². The van der Waals surface area contributed by atoms with E-state index in [1.54, 1.807) is 0 Å². The number of Topliss-reactive ketones (excluding diaryl/α,β-unsaturated/α-hetero) is 1. The zero-order valence-corrected chi connectivity index (χ0v) is 10.4. The quantitative estimate of drug-likeness (QED) is 0.716. The zero-order chi connectivity index (χ0) is 11.3. The van der Waals surface area contributed by atoms with Gasteiger partial charge < -0.3 is 4.74 Å². The van der Waals surface area contributed by atoms with Crippen molar-refractivity contribution in [3.63, 3.8) is 0 Å². The topological polar surface area (TPSA) is 26.3 Å². The van der Waals surface area contributed by atoms with Crippen LogP contribution < -0.4 is 0 Å².